The van der Waals surface area contributed by atoms with E-state index in [0.717, 1.165) is 6.21 Å². The number of rotatable bonds is 9. The van der Waals surface area contributed by atoms with Crippen molar-refractivity contribution in [1.29, 1.82) is 0 Å². The van der Waals surface area contributed by atoms with Gasteiger partial charge >= 0.3 is 0 Å². The van der Waals surface area contributed by atoms with E-state index in [9.17, 15) is 30.6 Å². The Labute approximate surface area is 132 Å². The van der Waals surface area contributed by atoms with E-state index >= 15 is 0 Å². The van der Waals surface area contributed by atoms with Crippen molar-refractivity contribution in [3.63, 3.8) is 0 Å². The van der Waals surface area contributed by atoms with Crippen LogP contribution in [0.3, 0.4) is 0 Å². The minimum atomic E-state index is -1.97. The van der Waals surface area contributed by atoms with E-state index in [4.69, 9.17) is 5.11 Å². The first-order valence-electron chi connectivity index (χ1n) is 6.92. The summed E-state index contributed by atoms with van der Waals surface area (Å²) < 4.78 is 0. The van der Waals surface area contributed by atoms with E-state index in [2.05, 4.69) is 10.5 Å². The van der Waals surface area contributed by atoms with E-state index in [0.29, 0.717) is 5.69 Å². The molecule has 0 spiro atoms. The van der Waals surface area contributed by atoms with Gasteiger partial charge in [-0.15, -0.1) is 0 Å². The molecular weight excluding hydrogens is 308 g/mol. The highest BCUT2D eigenvalue weighted by Crippen LogP contribution is 2.11. The molecule has 130 valence electrons. The molecule has 0 aliphatic heterocycles. The van der Waals surface area contributed by atoms with Crippen LogP contribution in [0.4, 0.5) is 5.69 Å². The Kier molecular flexibility index (Phi) is 8.06. The number of hydrazone groups is 1. The largest absolute Gasteiger partial charge is 0.394 e. The Morgan fingerprint density at radius 1 is 0.870 bits per heavy atom. The number of nitrogens with zero attached hydrogens (tertiary/aromatic N) is 1. The summed E-state index contributed by atoms with van der Waals surface area (Å²) in [5, 5.41) is 69.7. The molecule has 0 fully saturated rings. The fraction of sp³-hybridized carbons (Fsp3) is 0.500. The van der Waals surface area contributed by atoms with Gasteiger partial charge in [-0.2, -0.15) is 5.10 Å². The van der Waals surface area contributed by atoms with Gasteiger partial charge in [0.05, 0.1) is 18.5 Å². The van der Waals surface area contributed by atoms with Gasteiger partial charge in [0.15, 0.2) is 0 Å². The third-order valence-electron chi connectivity index (χ3n) is 3.18. The molecule has 0 bridgehead atoms. The zero-order chi connectivity index (χ0) is 17.4. The molecule has 6 atom stereocenters. The van der Waals surface area contributed by atoms with E-state index in [-0.39, 0.29) is 0 Å². The Morgan fingerprint density at radius 3 is 2.00 bits per heavy atom. The second kappa shape index (κ2) is 9.53. The van der Waals surface area contributed by atoms with Gasteiger partial charge in [-0.05, 0) is 12.1 Å². The van der Waals surface area contributed by atoms with Crippen LogP contribution in [0.1, 0.15) is 0 Å². The molecule has 0 radical (unpaired) electrons. The molecule has 0 aromatic heterocycles. The lowest BCUT2D eigenvalue weighted by Crippen LogP contribution is -2.53. The van der Waals surface area contributed by atoms with Crippen LogP contribution in [0.15, 0.2) is 35.4 Å². The van der Waals surface area contributed by atoms with Crippen LogP contribution in [0.2, 0.25) is 0 Å². The van der Waals surface area contributed by atoms with Gasteiger partial charge in [0.25, 0.3) is 0 Å². The van der Waals surface area contributed by atoms with Crippen LogP contribution in [-0.2, 0) is 0 Å². The maximum Gasteiger partial charge on any atom is 0.119 e. The maximum absolute atomic E-state index is 9.72. The highest BCUT2D eigenvalue weighted by Gasteiger charge is 2.36. The van der Waals surface area contributed by atoms with E-state index in [1.165, 1.54) is 0 Å². The average Bonchev–Trinajstić information content (AvgIpc) is 2.59. The summed E-state index contributed by atoms with van der Waals surface area (Å²) in [6.07, 6.45) is -10.1. The van der Waals surface area contributed by atoms with Gasteiger partial charge in [0, 0.05) is 0 Å². The van der Waals surface area contributed by atoms with Crippen molar-refractivity contribution >= 4 is 11.9 Å². The Balaban J connectivity index is 2.55. The molecule has 1 aromatic rings. The topological polar surface area (TPSA) is 166 Å². The van der Waals surface area contributed by atoms with Gasteiger partial charge < -0.3 is 35.7 Å². The summed E-state index contributed by atoms with van der Waals surface area (Å²) in [6, 6.07) is 8.75. The predicted octanol–water partition coefficient (Wildman–Crippen LogP) is -2.76. The zero-order valence-electron chi connectivity index (χ0n) is 12.2. The summed E-state index contributed by atoms with van der Waals surface area (Å²) in [7, 11) is 0. The SMILES string of the molecule is OC[C@@H](O)[C@@H](O)[C@@H](O)[C@@H](O)[C@H](O)[C@H](O)/C=N\Nc1ccccc1. The van der Waals surface area contributed by atoms with Gasteiger partial charge in [0.2, 0.25) is 0 Å². The molecule has 0 heterocycles. The smallest absolute Gasteiger partial charge is 0.119 e. The van der Waals surface area contributed by atoms with Crippen molar-refractivity contribution in [2.45, 2.75) is 36.6 Å². The molecule has 0 saturated carbocycles. The first kappa shape index (κ1) is 19.5. The molecule has 23 heavy (non-hydrogen) atoms. The molecule has 1 rings (SSSR count). The zero-order valence-corrected chi connectivity index (χ0v) is 12.2. The minimum Gasteiger partial charge on any atom is -0.394 e. The molecule has 0 aliphatic rings. The van der Waals surface area contributed by atoms with Crippen LogP contribution in [0, 0.1) is 0 Å². The lowest BCUT2D eigenvalue weighted by molar-refractivity contribution is -0.150. The Morgan fingerprint density at radius 2 is 1.43 bits per heavy atom. The first-order chi connectivity index (χ1) is 10.9. The van der Waals surface area contributed by atoms with Gasteiger partial charge in [0.1, 0.15) is 36.6 Å². The normalized spacial score (nSPS) is 19.8. The quantitative estimate of drug-likeness (QED) is 0.178. The maximum atomic E-state index is 9.72. The third kappa shape index (κ3) is 5.84. The summed E-state index contributed by atoms with van der Waals surface area (Å²) in [5.74, 6) is 0. The van der Waals surface area contributed by atoms with Crippen LogP contribution in [0.25, 0.3) is 0 Å². The summed E-state index contributed by atoms with van der Waals surface area (Å²) in [4.78, 5) is 0. The van der Waals surface area contributed by atoms with E-state index in [1.807, 2.05) is 0 Å². The van der Waals surface area contributed by atoms with Gasteiger partial charge in [-0.25, -0.2) is 0 Å². The van der Waals surface area contributed by atoms with Gasteiger partial charge in [-0.3, -0.25) is 5.43 Å². The molecule has 1 aromatic carbocycles. The number of aliphatic hydroxyl groups excluding tert-OH is 7. The second-order valence-electron chi connectivity index (χ2n) is 4.96. The standard InChI is InChI=1S/C14H22N2O7/c17-7-10(19)12(21)14(23)13(22)11(20)9(18)6-15-16-8-4-2-1-3-5-8/h1-6,9-14,16-23H,7H2/b15-6-/t9-,10-,11-,12-,13+,14-/m1/s1. The lowest BCUT2D eigenvalue weighted by atomic mass is 9.97. The van der Waals surface area contributed by atoms with Crippen molar-refractivity contribution in [1.82, 2.24) is 0 Å². The van der Waals surface area contributed by atoms with Crippen molar-refractivity contribution in [2.75, 3.05) is 12.0 Å². The number of nitrogens with one attached hydrogen (secondary N) is 1. The second-order valence-corrected chi connectivity index (χ2v) is 4.96. The van der Waals surface area contributed by atoms with Crippen LogP contribution < -0.4 is 5.43 Å². The van der Waals surface area contributed by atoms with E-state index in [1.54, 1.807) is 30.3 Å². The predicted molar refractivity (Wildman–Crippen MR) is 81.7 cm³/mol. The van der Waals surface area contributed by atoms with Crippen molar-refractivity contribution in [3.8, 4) is 0 Å². The van der Waals surface area contributed by atoms with Crippen molar-refractivity contribution in [2.24, 2.45) is 5.10 Å². The molecule has 0 saturated heterocycles. The molecule has 0 amide bonds. The summed E-state index contributed by atoms with van der Waals surface area (Å²) >= 11 is 0. The lowest BCUT2D eigenvalue weighted by Gasteiger charge is -2.29. The third-order valence-corrected chi connectivity index (χ3v) is 3.18. The number of aliphatic hydroxyl groups is 7. The monoisotopic (exact) mass is 330 g/mol. The number of para-hydroxylation sites is 1. The molecule has 0 aliphatic carbocycles. The fourth-order valence-corrected chi connectivity index (χ4v) is 1.73. The van der Waals surface area contributed by atoms with Crippen LogP contribution >= 0.6 is 0 Å². The highest BCUT2D eigenvalue weighted by atomic mass is 16.4. The molecule has 8 N–H and O–H groups in total. The van der Waals surface area contributed by atoms with Crippen LogP contribution in [0.5, 0.6) is 0 Å². The molecular formula is C14H22N2O7. The first-order valence-corrected chi connectivity index (χ1v) is 6.92. The number of anilines is 1. The number of benzene rings is 1. The fourth-order valence-electron chi connectivity index (χ4n) is 1.73. The van der Waals surface area contributed by atoms with Crippen molar-refractivity contribution in [3.05, 3.63) is 30.3 Å². The highest BCUT2D eigenvalue weighted by molar-refractivity contribution is 5.65. The summed E-state index contributed by atoms with van der Waals surface area (Å²) in [6.45, 7) is -0.841. The van der Waals surface area contributed by atoms with Crippen molar-refractivity contribution < 1.29 is 35.7 Å². The molecule has 9 nitrogen and oxygen atoms in total. The van der Waals surface area contributed by atoms with Crippen LogP contribution in [-0.4, -0.2) is 85.2 Å². The molecule has 9 heteroatoms. The van der Waals surface area contributed by atoms with E-state index < -0.39 is 43.2 Å². The Bertz CT molecular complexity index is 473. The molecule has 0 unspecified atom stereocenters. The number of hydrogen-bond donors (Lipinski definition) is 8. The summed E-state index contributed by atoms with van der Waals surface area (Å²) in [5.41, 5.74) is 3.21. The minimum absolute atomic E-state index is 0.632. The Hall–Kier alpha value is -1.59. The number of hydrogen-bond acceptors (Lipinski definition) is 9. The average molecular weight is 330 g/mol. The van der Waals surface area contributed by atoms with Gasteiger partial charge in [-0.1, -0.05) is 18.2 Å².